The van der Waals surface area contributed by atoms with Crippen molar-refractivity contribution in [1.29, 1.82) is 0 Å². The van der Waals surface area contributed by atoms with Crippen LogP contribution in [0.4, 0.5) is 8.78 Å². The van der Waals surface area contributed by atoms with Crippen LogP contribution >= 0.6 is 0 Å². The van der Waals surface area contributed by atoms with E-state index in [1.807, 2.05) is 13.8 Å². The summed E-state index contributed by atoms with van der Waals surface area (Å²) in [6.07, 6.45) is 2.27. The molecular formula is C22H23F2N3O5. The summed E-state index contributed by atoms with van der Waals surface area (Å²) in [5, 5.41) is 12.9. The molecule has 10 heteroatoms. The van der Waals surface area contributed by atoms with Crippen molar-refractivity contribution in [2.24, 2.45) is 0 Å². The highest BCUT2D eigenvalue weighted by Gasteiger charge is 2.52. The fourth-order valence-corrected chi connectivity index (χ4v) is 4.44. The average molecular weight is 447 g/mol. The number of fused-ring (bicyclic) bond motifs is 2. The number of nitrogens with one attached hydrogen (secondary N) is 1. The third-order valence-corrected chi connectivity index (χ3v) is 5.81. The third-order valence-electron chi connectivity index (χ3n) is 5.81. The summed E-state index contributed by atoms with van der Waals surface area (Å²) in [5.74, 6) is -3.80. The van der Waals surface area contributed by atoms with Gasteiger partial charge in [-0.25, -0.2) is 8.78 Å². The monoisotopic (exact) mass is 447 g/mol. The molecule has 1 saturated heterocycles. The van der Waals surface area contributed by atoms with Gasteiger partial charge >= 0.3 is 0 Å². The number of carbonyl (C=O) groups excluding carboxylic acids is 2. The molecule has 1 aromatic carbocycles. The molecular weight excluding hydrogens is 424 g/mol. The molecule has 2 amide bonds. The molecule has 2 N–H and O–H groups in total. The lowest BCUT2D eigenvalue weighted by molar-refractivity contribution is -0.111. The average Bonchev–Trinajstić information content (AvgIpc) is 3.06. The van der Waals surface area contributed by atoms with Crippen LogP contribution in [0.25, 0.3) is 0 Å². The van der Waals surface area contributed by atoms with E-state index in [1.54, 1.807) is 0 Å². The number of nitrogens with zero attached hydrogens (tertiary/aromatic N) is 2. The maximum Gasteiger partial charge on any atom is 0.276 e. The van der Waals surface area contributed by atoms with Gasteiger partial charge in [0.2, 0.25) is 5.43 Å². The van der Waals surface area contributed by atoms with Gasteiger partial charge in [0.05, 0.1) is 12.6 Å². The van der Waals surface area contributed by atoms with E-state index in [4.69, 9.17) is 4.74 Å². The Morgan fingerprint density at radius 1 is 1.34 bits per heavy atom. The standard InChI is InChI=1S/C22H23F2N3O5/c1-3-6-22-11-26-10-15(20(30)25-8-13-4-5-14(23)7-16(13)24)18(28)19(29)17(26)21(31)27(22)9-12(2)32-22/h4-5,7,10,12,29H,3,6,8-9,11H2,1-2H3,(H,25,30)/t12-,22?/m1/s1. The lowest BCUT2D eigenvalue weighted by atomic mass is 10.0. The number of aromatic hydroxyl groups is 1. The number of pyridine rings is 1. The van der Waals surface area contributed by atoms with Gasteiger partial charge < -0.3 is 24.6 Å². The zero-order valence-corrected chi connectivity index (χ0v) is 17.7. The molecule has 0 aliphatic carbocycles. The quantitative estimate of drug-likeness (QED) is 0.732. The van der Waals surface area contributed by atoms with Crippen LogP contribution in [0.1, 0.15) is 53.1 Å². The molecule has 0 spiro atoms. The SMILES string of the molecule is CCCC12Cn3cc(C(=O)NCc4ccc(F)cc4F)c(=O)c(O)c3C(=O)N1C[C@@H](C)O2. The second kappa shape index (κ2) is 8.01. The van der Waals surface area contributed by atoms with E-state index >= 15 is 0 Å². The van der Waals surface area contributed by atoms with Crippen molar-refractivity contribution in [3.05, 3.63) is 63.1 Å². The first-order valence-electron chi connectivity index (χ1n) is 10.3. The molecule has 32 heavy (non-hydrogen) atoms. The summed E-state index contributed by atoms with van der Waals surface area (Å²) < 4.78 is 34.3. The van der Waals surface area contributed by atoms with Crippen molar-refractivity contribution < 1.29 is 28.2 Å². The first kappa shape index (κ1) is 21.9. The summed E-state index contributed by atoms with van der Waals surface area (Å²) in [6, 6.07) is 2.92. The zero-order chi connectivity index (χ0) is 23.2. The Morgan fingerprint density at radius 2 is 2.09 bits per heavy atom. The number of hydrogen-bond donors (Lipinski definition) is 2. The van der Waals surface area contributed by atoms with Crippen molar-refractivity contribution in [2.45, 2.75) is 51.6 Å². The molecule has 3 heterocycles. The van der Waals surface area contributed by atoms with E-state index in [9.17, 15) is 28.3 Å². The van der Waals surface area contributed by atoms with Gasteiger partial charge in [-0.05, 0) is 19.4 Å². The largest absolute Gasteiger partial charge is 0.503 e. The molecule has 2 aliphatic rings. The van der Waals surface area contributed by atoms with Gasteiger partial charge in [-0.1, -0.05) is 19.4 Å². The summed E-state index contributed by atoms with van der Waals surface area (Å²) >= 11 is 0. The number of carbonyl (C=O) groups is 2. The van der Waals surface area contributed by atoms with Crippen molar-refractivity contribution >= 4 is 11.8 Å². The van der Waals surface area contributed by atoms with Gasteiger partial charge in [-0.3, -0.25) is 14.4 Å². The van der Waals surface area contributed by atoms with Crippen LogP contribution < -0.4 is 10.7 Å². The minimum absolute atomic E-state index is 0.0306. The number of amides is 2. The second-order valence-corrected chi connectivity index (χ2v) is 8.16. The van der Waals surface area contributed by atoms with Crippen LogP contribution in [0.5, 0.6) is 5.75 Å². The highest BCUT2D eigenvalue weighted by Crippen LogP contribution is 2.39. The summed E-state index contributed by atoms with van der Waals surface area (Å²) in [6.45, 7) is 3.98. The normalized spacial score (nSPS) is 21.9. The minimum Gasteiger partial charge on any atom is -0.503 e. The number of aromatic nitrogens is 1. The smallest absolute Gasteiger partial charge is 0.276 e. The van der Waals surface area contributed by atoms with Gasteiger partial charge in [0.1, 0.15) is 17.2 Å². The van der Waals surface area contributed by atoms with E-state index in [2.05, 4.69) is 5.32 Å². The Morgan fingerprint density at radius 3 is 2.78 bits per heavy atom. The highest BCUT2D eigenvalue weighted by molar-refractivity contribution is 5.99. The molecule has 0 radical (unpaired) electrons. The summed E-state index contributed by atoms with van der Waals surface area (Å²) in [5.41, 5.74) is -2.49. The van der Waals surface area contributed by atoms with Crippen molar-refractivity contribution in [3.63, 3.8) is 0 Å². The molecule has 8 nitrogen and oxygen atoms in total. The van der Waals surface area contributed by atoms with E-state index in [1.165, 1.54) is 21.7 Å². The molecule has 4 rings (SSSR count). The Bertz CT molecular complexity index is 1160. The molecule has 1 unspecified atom stereocenters. The molecule has 2 aliphatic heterocycles. The van der Waals surface area contributed by atoms with E-state index < -0.39 is 45.9 Å². The van der Waals surface area contributed by atoms with Crippen LogP contribution in [0, 0.1) is 11.6 Å². The van der Waals surface area contributed by atoms with Gasteiger partial charge in [0, 0.05) is 30.9 Å². The maximum atomic E-state index is 13.8. The Balaban J connectivity index is 1.67. The van der Waals surface area contributed by atoms with E-state index in [0.29, 0.717) is 19.0 Å². The first-order valence-corrected chi connectivity index (χ1v) is 10.3. The fourth-order valence-electron chi connectivity index (χ4n) is 4.44. The van der Waals surface area contributed by atoms with Crippen LogP contribution in [0.2, 0.25) is 0 Å². The topological polar surface area (TPSA) is 101 Å². The van der Waals surface area contributed by atoms with Gasteiger partial charge in [-0.2, -0.15) is 0 Å². The lowest BCUT2D eigenvalue weighted by Crippen LogP contribution is -2.56. The van der Waals surface area contributed by atoms with Gasteiger partial charge in [0.15, 0.2) is 17.2 Å². The van der Waals surface area contributed by atoms with Crippen molar-refractivity contribution in [2.75, 3.05) is 6.54 Å². The second-order valence-electron chi connectivity index (χ2n) is 8.16. The van der Waals surface area contributed by atoms with Crippen LogP contribution in [-0.2, 0) is 17.8 Å². The number of hydrogen-bond acceptors (Lipinski definition) is 5. The Hall–Kier alpha value is -3.27. The minimum atomic E-state index is -1.00. The summed E-state index contributed by atoms with van der Waals surface area (Å²) in [4.78, 5) is 40.0. The molecule has 0 saturated carbocycles. The summed E-state index contributed by atoms with van der Waals surface area (Å²) in [7, 11) is 0. The van der Waals surface area contributed by atoms with E-state index in [-0.39, 0.29) is 30.5 Å². The number of rotatable bonds is 5. The predicted molar refractivity (Wildman–Crippen MR) is 109 cm³/mol. The molecule has 2 aromatic rings. The number of benzene rings is 1. The first-order chi connectivity index (χ1) is 15.2. The lowest BCUT2D eigenvalue weighted by Gasteiger charge is -2.42. The molecule has 0 bridgehead atoms. The molecule has 1 fully saturated rings. The highest BCUT2D eigenvalue weighted by atomic mass is 19.1. The Labute approximate surface area is 182 Å². The maximum absolute atomic E-state index is 13.8. The van der Waals surface area contributed by atoms with Gasteiger partial charge in [-0.15, -0.1) is 0 Å². The molecule has 170 valence electrons. The molecule has 1 aromatic heterocycles. The van der Waals surface area contributed by atoms with Crippen molar-refractivity contribution in [3.8, 4) is 5.75 Å². The molecule has 2 atom stereocenters. The number of halogens is 2. The third kappa shape index (κ3) is 3.54. The van der Waals surface area contributed by atoms with Crippen LogP contribution in [0.15, 0.2) is 29.2 Å². The van der Waals surface area contributed by atoms with Crippen LogP contribution in [0.3, 0.4) is 0 Å². The van der Waals surface area contributed by atoms with E-state index in [0.717, 1.165) is 12.5 Å². The van der Waals surface area contributed by atoms with Crippen LogP contribution in [-0.4, -0.2) is 44.8 Å². The predicted octanol–water partition coefficient (Wildman–Crippen LogP) is 2.13. The zero-order valence-electron chi connectivity index (χ0n) is 17.7. The van der Waals surface area contributed by atoms with Crippen molar-refractivity contribution in [1.82, 2.24) is 14.8 Å². The fraction of sp³-hybridized carbons (Fsp3) is 0.409. The Kier molecular flexibility index (Phi) is 5.49. The number of ether oxygens (including phenoxy) is 1. The van der Waals surface area contributed by atoms with Gasteiger partial charge in [0.25, 0.3) is 11.8 Å².